The smallest absolute Gasteiger partial charge is 0.258 e. The fraction of sp³-hybridized carbons (Fsp3) is 0.182. The second-order valence-electron chi connectivity index (χ2n) is 6.74. The van der Waals surface area contributed by atoms with E-state index in [1.165, 1.54) is 14.0 Å². The van der Waals surface area contributed by atoms with Crippen LogP contribution in [0.4, 0.5) is 5.69 Å². The van der Waals surface area contributed by atoms with Gasteiger partial charge in [0.25, 0.3) is 11.8 Å². The zero-order valence-corrected chi connectivity index (χ0v) is 17.3. The summed E-state index contributed by atoms with van der Waals surface area (Å²) in [5.74, 6) is -1.13. The molecule has 0 saturated heterocycles. The first-order valence-electron chi connectivity index (χ1n) is 9.20. The molecule has 0 bridgehead atoms. The number of hydrogen-bond acceptors (Lipinski definition) is 5. The lowest BCUT2D eigenvalue weighted by Gasteiger charge is -2.20. The number of carbonyl (C=O) groups excluding carboxylic acids is 3. The van der Waals surface area contributed by atoms with Gasteiger partial charge in [0.15, 0.2) is 6.19 Å². The molecule has 2 aromatic carbocycles. The van der Waals surface area contributed by atoms with Gasteiger partial charge in [-0.25, -0.2) is 0 Å². The highest BCUT2D eigenvalue weighted by Crippen LogP contribution is 2.27. The van der Waals surface area contributed by atoms with E-state index in [0.717, 1.165) is 20.5 Å². The Morgan fingerprint density at radius 3 is 2.50 bits per heavy atom. The second kappa shape index (κ2) is 9.20. The van der Waals surface area contributed by atoms with Crippen molar-refractivity contribution in [3.05, 3.63) is 65.0 Å². The Hall–Kier alpha value is -3.70. The summed E-state index contributed by atoms with van der Waals surface area (Å²) in [6, 6.07) is 13.3. The van der Waals surface area contributed by atoms with E-state index < -0.39 is 17.9 Å². The molecule has 1 aromatic heterocycles. The standard InChI is InChI=1S/C22H20N4O3S/c1-14(27)24-17-9-7-15(8-10-17)21(28)25-19(22(29)26(2)13-23)11-16-12-30-20-6-4-3-5-18(16)20/h3-10,12,19H,11H2,1-2H3,(H,24,27)(H,25,28). The maximum Gasteiger partial charge on any atom is 0.258 e. The van der Waals surface area contributed by atoms with Crippen LogP contribution in [-0.2, 0) is 16.0 Å². The van der Waals surface area contributed by atoms with Gasteiger partial charge in [-0.1, -0.05) is 18.2 Å². The van der Waals surface area contributed by atoms with Gasteiger partial charge in [-0.05, 0) is 46.7 Å². The van der Waals surface area contributed by atoms with Gasteiger partial charge in [0.05, 0.1) is 0 Å². The number of nitrogens with one attached hydrogen (secondary N) is 2. The van der Waals surface area contributed by atoms with Crippen LogP contribution in [0.3, 0.4) is 0 Å². The summed E-state index contributed by atoms with van der Waals surface area (Å²) in [5.41, 5.74) is 1.85. The van der Waals surface area contributed by atoms with E-state index in [0.29, 0.717) is 11.3 Å². The third-order valence-corrected chi connectivity index (χ3v) is 5.55. The molecular weight excluding hydrogens is 400 g/mol. The number of likely N-dealkylation sites (N-methyl/N-ethyl adjacent to an activating group) is 1. The minimum absolute atomic E-state index is 0.208. The lowest BCUT2D eigenvalue weighted by molar-refractivity contribution is -0.129. The van der Waals surface area contributed by atoms with E-state index in [4.69, 9.17) is 5.26 Å². The Kier molecular flexibility index (Phi) is 6.45. The van der Waals surface area contributed by atoms with Gasteiger partial charge in [0, 0.05) is 36.3 Å². The number of anilines is 1. The van der Waals surface area contributed by atoms with Crippen LogP contribution in [0.5, 0.6) is 0 Å². The van der Waals surface area contributed by atoms with Crippen molar-refractivity contribution in [3.63, 3.8) is 0 Å². The highest BCUT2D eigenvalue weighted by molar-refractivity contribution is 7.17. The predicted octanol–water partition coefficient (Wildman–Crippen LogP) is 3.14. The highest BCUT2D eigenvalue weighted by Gasteiger charge is 2.26. The molecule has 1 atom stereocenters. The molecule has 3 rings (SSSR count). The molecule has 0 radical (unpaired) electrons. The molecule has 30 heavy (non-hydrogen) atoms. The first-order chi connectivity index (χ1) is 14.4. The van der Waals surface area contributed by atoms with Crippen LogP contribution in [0.1, 0.15) is 22.8 Å². The Balaban J connectivity index is 1.82. The minimum Gasteiger partial charge on any atom is -0.340 e. The predicted molar refractivity (Wildman–Crippen MR) is 116 cm³/mol. The second-order valence-corrected chi connectivity index (χ2v) is 7.65. The van der Waals surface area contributed by atoms with Gasteiger partial charge in [0.2, 0.25) is 5.91 Å². The van der Waals surface area contributed by atoms with E-state index in [1.54, 1.807) is 41.8 Å². The van der Waals surface area contributed by atoms with Crippen LogP contribution in [-0.4, -0.2) is 35.7 Å². The van der Waals surface area contributed by atoms with Crippen LogP contribution in [0.2, 0.25) is 0 Å². The summed E-state index contributed by atoms with van der Waals surface area (Å²) in [4.78, 5) is 37.5. The average molecular weight is 420 g/mol. The summed E-state index contributed by atoms with van der Waals surface area (Å²) in [6.07, 6.45) is 2.06. The minimum atomic E-state index is -0.893. The van der Waals surface area contributed by atoms with Crippen molar-refractivity contribution in [2.24, 2.45) is 0 Å². The largest absolute Gasteiger partial charge is 0.340 e. The maximum absolute atomic E-state index is 12.7. The molecule has 8 heteroatoms. The third kappa shape index (κ3) is 4.82. The molecule has 0 aliphatic heterocycles. The monoisotopic (exact) mass is 420 g/mol. The summed E-state index contributed by atoms with van der Waals surface area (Å²) in [5, 5.41) is 17.5. The molecule has 0 spiro atoms. The SMILES string of the molecule is CC(=O)Nc1ccc(C(=O)NC(Cc2csc3ccccc23)C(=O)N(C)C#N)cc1. The Bertz CT molecular complexity index is 1130. The van der Waals surface area contributed by atoms with Gasteiger partial charge in [-0.15, -0.1) is 11.3 Å². The average Bonchev–Trinajstić information content (AvgIpc) is 3.15. The summed E-state index contributed by atoms with van der Waals surface area (Å²) in [6.45, 7) is 1.40. The molecule has 0 fully saturated rings. The fourth-order valence-corrected chi connectivity index (χ4v) is 4.02. The van der Waals surface area contributed by atoms with Crippen LogP contribution in [0, 0.1) is 11.5 Å². The van der Waals surface area contributed by atoms with Crippen molar-refractivity contribution in [3.8, 4) is 6.19 Å². The summed E-state index contributed by atoms with van der Waals surface area (Å²) in [7, 11) is 1.37. The first-order valence-corrected chi connectivity index (χ1v) is 10.1. The molecule has 1 heterocycles. The normalized spacial score (nSPS) is 11.4. The van der Waals surface area contributed by atoms with E-state index >= 15 is 0 Å². The number of carbonyl (C=O) groups is 3. The zero-order valence-electron chi connectivity index (χ0n) is 16.5. The molecule has 3 amide bonds. The van der Waals surface area contributed by atoms with E-state index in [1.807, 2.05) is 29.6 Å². The molecule has 0 aliphatic rings. The van der Waals surface area contributed by atoms with Gasteiger partial charge in [0.1, 0.15) is 6.04 Å². The zero-order chi connectivity index (χ0) is 21.7. The fourth-order valence-electron chi connectivity index (χ4n) is 3.04. The summed E-state index contributed by atoms with van der Waals surface area (Å²) >= 11 is 1.57. The maximum atomic E-state index is 12.7. The van der Waals surface area contributed by atoms with Crippen LogP contribution >= 0.6 is 11.3 Å². The van der Waals surface area contributed by atoms with Crippen molar-refractivity contribution in [1.29, 1.82) is 5.26 Å². The molecular formula is C22H20N4O3S. The van der Waals surface area contributed by atoms with E-state index in [-0.39, 0.29) is 12.3 Å². The Morgan fingerprint density at radius 2 is 1.83 bits per heavy atom. The number of thiophene rings is 1. The van der Waals surface area contributed by atoms with Crippen molar-refractivity contribution < 1.29 is 14.4 Å². The van der Waals surface area contributed by atoms with Crippen molar-refractivity contribution in [2.45, 2.75) is 19.4 Å². The topological polar surface area (TPSA) is 102 Å². The summed E-state index contributed by atoms with van der Waals surface area (Å²) < 4.78 is 1.09. The van der Waals surface area contributed by atoms with Gasteiger partial charge in [-0.2, -0.15) is 5.26 Å². The van der Waals surface area contributed by atoms with Gasteiger partial charge in [-0.3, -0.25) is 19.3 Å². The lowest BCUT2D eigenvalue weighted by atomic mass is 10.0. The van der Waals surface area contributed by atoms with Crippen molar-refractivity contribution >= 4 is 44.8 Å². The molecule has 1 unspecified atom stereocenters. The van der Waals surface area contributed by atoms with Gasteiger partial charge >= 0.3 is 0 Å². The number of amides is 3. The van der Waals surface area contributed by atoms with Crippen molar-refractivity contribution in [2.75, 3.05) is 12.4 Å². The van der Waals surface area contributed by atoms with E-state index in [9.17, 15) is 14.4 Å². The quantitative estimate of drug-likeness (QED) is 0.472. The molecule has 3 aromatic rings. The lowest BCUT2D eigenvalue weighted by Crippen LogP contribution is -2.47. The van der Waals surface area contributed by atoms with Gasteiger partial charge < -0.3 is 10.6 Å². The first kappa shape index (κ1) is 21.0. The molecule has 7 nitrogen and oxygen atoms in total. The van der Waals surface area contributed by atoms with Crippen molar-refractivity contribution in [1.82, 2.24) is 10.2 Å². The molecule has 0 saturated carbocycles. The number of nitrogens with zero attached hydrogens (tertiary/aromatic N) is 2. The Labute approximate surface area is 177 Å². The van der Waals surface area contributed by atoms with E-state index in [2.05, 4.69) is 10.6 Å². The highest BCUT2D eigenvalue weighted by atomic mass is 32.1. The van der Waals surface area contributed by atoms with Crippen LogP contribution < -0.4 is 10.6 Å². The number of benzene rings is 2. The number of fused-ring (bicyclic) bond motifs is 1. The molecule has 152 valence electrons. The molecule has 0 aliphatic carbocycles. The van der Waals surface area contributed by atoms with Crippen LogP contribution in [0.25, 0.3) is 10.1 Å². The third-order valence-electron chi connectivity index (χ3n) is 4.54. The number of nitriles is 1. The Morgan fingerprint density at radius 1 is 1.13 bits per heavy atom. The number of hydrogen-bond donors (Lipinski definition) is 2. The molecule has 2 N–H and O–H groups in total. The number of rotatable bonds is 6. The van der Waals surface area contributed by atoms with Crippen LogP contribution in [0.15, 0.2) is 53.9 Å².